The number of carbonyl (C=O) groups is 1. The third kappa shape index (κ3) is 4.15. The van der Waals surface area contributed by atoms with Crippen molar-refractivity contribution in [3.05, 3.63) is 51.1 Å². The van der Waals surface area contributed by atoms with Crippen LogP contribution in [-0.4, -0.2) is 20.7 Å². The fraction of sp³-hybridized carbons (Fsp3) is 0.250. The molecule has 3 rings (SSSR count). The molecule has 3 heterocycles. The minimum absolute atomic E-state index is 0.105. The van der Waals surface area contributed by atoms with E-state index in [1.54, 1.807) is 17.4 Å². The first-order valence-corrected chi connectivity index (χ1v) is 9.22. The van der Waals surface area contributed by atoms with E-state index in [0.29, 0.717) is 24.5 Å². The molecule has 0 bridgehead atoms. The predicted molar refractivity (Wildman–Crippen MR) is 96.5 cm³/mol. The highest BCUT2D eigenvalue weighted by Gasteiger charge is 2.07. The number of nitrogens with zero attached hydrogens (tertiary/aromatic N) is 3. The van der Waals surface area contributed by atoms with E-state index < -0.39 is 0 Å². The summed E-state index contributed by atoms with van der Waals surface area (Å²) in [6.07, 6.45) is 0.854. The maximum Gasteiger partial charge on any atom is 0.266 e. The number of rotatable bonds is 6. The molecule has 24 heavy (non-hydrogen) atoms. The standard InChI is InChI=1S/C16H16N4O2S2/c1-11-10-24-16(17-11)18-14(21)5-2-8-20-15(22)7-6-12(19-20)13-4-3-9-23-13/h3-4,6-7,9-10H,2,5,8H2,1H3,(H,17,18,21). The molecule has 0 aliphatic heterocycles. The molecule has 3 aromatic heterocycles. The first-order chi connectivity index (χ1) is 11.6. The Morgan fingerprint density at radius 2 is 2.17 bits per heavy atom. The van der Waals surface area contributed by atoms with Crippen LogP contribution < -0.4 is 10.9 Å². The van der Waals surface area contributed by atoms with Crippen LogP contribution >= 0.6 is 22.7 Å². The van der Waals surface area contributed by atoms with Crippen LogP contribution in [0.15, 0.2) is 39.8 Å². The molecule has 6 nitrogen and oxygen atoms in total. The van der Waals surface area contributed by atoms with Gasteiger partial charge >= 0.3 is 0 Å². The lowest BCUT2D eigenvalue weighted by atomic mass is 10.3. The summed E-state index contributed by atoms with van der Waals surface area (Å²) >= 11 is 2.98. The Balaban J connectivity index is 1.57. The van der Waals surface area contributed by atoms with Crippen molar-refractivity contribution < 1.29 is 4.79 Å². The van der Waals surface area contributed by atoms with Gasteiger partial charge in [0.1, 0.15) is 5.69 Å². The van der Waals surface area contributed by atoms with Crippen LogP contribution in [0.5, 0.6) is 0 Å². The molecule has 1 N–H and O–H groups in total. The third-order valence-corrected chi connectivity index (χ3v) is 5.05. The summed E-state index contributed by atoms with van der Waals surface area (Å²) in [6.45, 7) is 2.28. The largest absolute Gasteiger partial charge is 0.302 e. The molecular weight excluding hydrogens is 344 g/mol. The molecule has 124 valence electrons. The second-order valence-electron chi connectivity index (χ2n) is 5.20. The topological polar surface area (TPSA) is 76.9 Å². The van der Waals surface area contributed by atoms with Gasteiger partial charge in [0.15, 0.2) is 5.13 Å². The number of thiazole rings is 1. The molecule has 0 aliphatic rings. The summed E-state index contributed by atoms with van der Waals surface area (Å²) in [5.74, 6) is -0.105. The van der Waals surface area contributed by atoms with Crippen molar-refractivity contribution >= 4 is 33.7 Å². The second kappa shape index (κ2) is 7.50. The van der Waals surface area contributed by atoms with E-state index in [1.807, 2.05) is 29.8 Å². The first kappa shape index (κ1) is 16.5. The second-order valence-corrected chi connectivity index (χ2v) is 7.01. The molecule has 0 aromatic carbocycles. The number of thiophene rings is 1. The minimum Gasteiger partial charge on any atom is -0.302 e. The molecule has 8 heteroatoms. The Bertz CT molecular complexity index is 884. The van der Waals surface area contributed by atoms with Gasteiger partial charge in [0.2, 0.25) is 5.91 Å². The lowest BCUT2D eigenvalue weighted by Crippen LogP contribution is -2.23. The lowest BCUT2D eigenvalue weighted by Gasteiger charge is -2.06. The highest BCUT2D eigenvalue weighted by Crippen LogP contribution is 2.21. The van der Waals surface area contributed by atoms with Crippen LogP contribution in [-0.2, 0) is 11.3 Å². The number of nitrogens with one attached hydrogen (secondary N) is 1. The molecule has 0 aliphatic carbocycles. The van der Waals surface area contributed by atoms with Crippen molar-refractivity contribution in [2.45, 2.75) is 26.3 Å². The van der Waals surface area contributed by atoms with Gasteiger partial charge in [-0.15, -0.1) is 22.7 Å². The highest BCUT2D eigenvalue weighted by molar-refractivity contribution is 7.14. The number of amides is 1. The van der Waals surface area contributed by atoms with Gasteiger partial charge in [-0.1, -0.05) is 6.07 Å². The number of aryl methyl sites for hydroxylation is 2. The normalized spacial score (nSPS) is 10.7. The molecule has 0 fully saturated rings. The minimum atomic E-state index is -0.161. The number of anilines is 1. The van der Waals surface area contributed by atoms with E-state index in [1.165, 1.54) is 22.1 Å². The summed E-state index contributed by atoms with van der Waals surface area (Å²) in [4.78, 5) is 29.0. The van der Waals surface area contributed by atoms with E-state index in [4.69, 9.17) is 0 Å². The summed E-state index contributed by atoms with van der Waals surface area (Å²) < 4.78 is 1.41. The van der Waals surface area contributed by atoms with Gasteiger partial charge in [-0.25, -0.2) is 9.67 Å². The quantitative estimate of drug-likeness (QED) is 0.732. The molecule has 0 saturated heterocycles. The van der Waals surface area contributed by atoms with Crippen molar-refractivity contribution in [3.63, 3.8) is 0 Å². The van der Waals surface area contributed by atoms with Crippen LogP contribution in [0.1, 0.15) is 18.5 Å². The zero-order chi connectivity index (χ0) is 16.9. The summed E-state index contributed by atoms with van der Waals surface area (Å²) in [5, 5.41) is 11.6. The highest BCUT2D eigenvalue weighted by atomic mass is 32.1. The molecule has 0 spiro atoms. The Morgan fingerprint density at radius 1 is 1.29 bits per heavy atom. The van der Waals surface area contributed by atoms with Crippen molar-refractivity contribution in [1.82, 2.24) is 14.8 Å². The average Bonchev–Trinajstić information content (AvgIpc) is 3.21. The van der Waals surface area contributed by atoms with Gasteiger partial charge < -0.3 is 5.32 Å². The van der Waals surface area contributed by atoms with Gasteiger partial charge in [-0.2, -0.15) is 5.10 Å². The monoisotopic (exact) mass is 360 g/mol. The first-order valence-electron chi connectivity index (χ1n) is 7.46. The van der Waals surface area contributed by atoms with Crippen molar-refractivity contribution in [3.8, 4) is 10.6 Å². The van der Waals surface area contributed by atoms with Gasteiger partial charge in [0.25, 0.3) is 5.56 Å². The van der Waals surface area contributed by atoms with Gasteiger partial charge in [0, 0.05) is 24.4 Å². The third-order valence-electron chi connectivity index (χ3n) is 3.28. The molecule has 0 saturated carbocycles. The number of carbonyl (C=O) groups excluding carboxylic acids is 1. The van der Waals surface area contributed by atoms with Crippen LogP contribution in [0.2, 0.25) is 0 Å². The Hall–Kier alpha value is -2.32. The van der Waals surface area contributed by atoms with Gasteiger partial charge in [-0.3, -0.25) is 9.59 Å². The summed E-state index contributed by atoms with van der Waals surface area (Å²) in [6, 6.07) is 7.15. The smallest absolute Gasteiger partial charge is 0.266 e. The van der Waals surface area contributed by atoms with E-state index in [9.17, 15) is 9.59 Å². The maximum absolute atomic E-state index is 11.9. The molecule has 1 amide bonds. The lowest BCUT2D eigenvalue weighted by molar-refractivity contribution is -0.116. The van der Waals surface area contributed by atoms with E-state index in [-0.39, 0.29) is 11.5 Å². The molecular formula is C16H16N4O2S2. The zero-order valence-electron chi connectivity index (χ0n) is 13.1. The number of hydrogen-bond acceptors (Lipinski definition) is 6. The summed E-state index contributed by atoms with van der Waals surface area (Å²) in [5.41, 5.74) is 1.50. The number of hydrogen-bond donors (Lipinski definition) is 1. The van der Waals surface area contributed by atoms with Crippen LogP contribution in [0.25, 0.3) is 10.6 Å². The molecule has 0 unspecified atom stereocenters. The van der Waals surface area contributed by atoms with E-state index in [2.05, 4.69) is 15.4 Å². The van der Waals surface area contributed by atoms with Crippen molar-refractivity contribution in [2.75, 3.05) is 5.32 Å². The van der Waals surface area contributed by atoms with Crippen molar-refractivity contribution in [2.24, 2.45) is 0 Å². The Kier molecular flexibility index (Phi) is 5.17. The van der Waals surface area contributed by atoms with E-state index in [0.717, 1.165) is 16.3 Å². The van der Waals surface area contributed by atoms with E-state index >= 15 is 0 Å². The fourth-order valence-electron chi connectivity index (χ4n) is 2.15. The predicted octanol–water partition coefficient (Wildman–Crippen LogP) is 3.16. The van der Waals surface area contributed by atoms with Crippen LogP contribution in [0.3, 0.4) is 0 Å². The van der Waals surface area contributed by atoms with Crippen LogP contribution in [0.4, 0.5) is 5.13 Å². The molecule has 3 aromatic rings. The zero-order valence-corrected chi connectivity index (χ0v) is 14.7. The molecule has 0 radical (unpaired) electrons. The van der Waals surface area contributed by atoms with Gasteiger partial charge in [-0.05, 0) is 30.9 Å². The Morgan fingerprint density at radius 3 is 2.88 bits per heavy atom. The fourth-order valence-corrected chi connectivity index (χ4v) is 3.54. The van der Waals surface area contributed by atoms with Crippen LogP contribution in [0, 0.1) is 6.92 Å². The summed E-state index contributed by atoms with van der Waals surface area (Å²) in [7, 11) is 0. The Labute approximate surface area is 146 Å². The molecule has 0 atom stereocenters. The van der Waals surface area contributed by atoms with Gasteiger partial charge in [0.05, 0.1) is 10.6 Å². The maximum atomic E-state index is 11.9. The van der Waals surface area contributed by atoms with Crippen molar-refractivity contribution in [1.29, 1.82) is 0 Å². The SMILES string of the molecule is Cc1csc(NC(=O)CCCn2nc(-c3cccs3)ccc2=O)n1. The number of aromatic nitrogens is 3. The average molecular weight is 360 g/mol.